The molecule has 0 bridgehead atoms. The Hall–Kier alpha value is -0.950. The van der Waals surface area contributed by atoms with Crippen LogP contribution in [0.2, 0.25) is 0 Å². The average molecular weight is 299 g/mol. The molecule has 20 heavy (non-hydrogen) atoms. The Balaban J connectivity index is 2.24. The van der Waals surface area contributed by atoms with Crippen molar-refractivity contribution < 1.29 is 18.3 Å². The maximum absolute atomic E-state index is 11.9. The molecule has 0 fully saturated rings. The number of benzene rings is 1. The Morgan fingerprint density at radius 1 is 1.40 bits per heavy atom. The first-order valence-electron chi connectivity index (χ1n) is 6.74. The summed E-state index contributed by atoms with van der Waals surface area (Å²) in [4.78, 5) is 0. The minimum Gasteiger partial charge on any atom is -0.386 e. The Labute approximate surface area is 120 Å². The SMILES string of the molecule is CCS(=O)(=O)N1CCc2ccc(C(O)COC)cc2C1. The standard InChI is InChI=1S/C14H21NO4S/c1-3-20(17,18)15-7-6-11-4-5-12(8-13(11)9-15)14(16)10-19-2/h4-5,8,14,16H,3,6-7,9-10H2,1-2H3. The second kappa shape index (κ2) is 6.22. The van der Waals surface area contributed by atoms with Gasteiger partial charge in [0.2, 0.25) is 10.0 Å². The number of sulfonamides is 1. The van der Waals surface area contributed by atoms with Crippen LogP contribution >= 0.6 is 0 Å². The van der Waals surface area contributed by atoms with Gasteiger partial charge in [0.1, 0.15) is 6.10 Å². The summed E-state index contributed by atoms with van der Waals surface area (Å²) in [6, 6.07) is 5.74. The molecule has 1 atom stereocenters. The van der Waals surface area contributed by atoms with E-state index in [1.807, 2.05) is 18.2 Å². The molecule has 0 radical (unpaired) electrons. The van der Waals surface area contributed by atoms with Crippen molar-refractivity contribution in [2.75, 3.05) is 26.0 Å². The lowest BCUT2D eigenvalue weighted by atomic mass is 9.97. The highest BCUT2D eigenvalue weighted by molar-refractivity contribution is 7.89. The van der Waals surface area contributed by atoms with E-state index in [0.717, 1.165) is 23.1 Å². The van der Waals surface area contributed by atoms with Gasteiger partial charge in [0.05, 0.1) is 12.4 Å². The van der Waals surface area contributed by atoms with E-state index in [4.69, 9.17) is 4.74 Å². The quantitative estimate of drug-likeness (QED) is 0.883. The van der Waals surface area contributed by atoms with Crippen molar-refractivity contribution in [1.82, 2.24) is 4.31 Å². The zero-order valence-corrected chi connectivity index (χ0v) is 12.7. The Morgan fingerprint density at radius 2 is 2.15 bits per heavy atom. The molecule has 1 aromatic carbocycles. The molecule has 0 amide bonds. The first kappa shape index (κ1) is 15.4. The first-order valence-corrected chi connectivity index (χ1v) is 8.35. The normalized spacial score (nSPS) is 17.8. The van der Waals surface area contributed by atoms with Crippen molar-refractivity contribution in [2.45, 2.75) is 26.0 Å². The van der Waals surface area contributed by atoms with Gasteiger partial charge in [0.25, 0.3) is 0 Å². The molecule has 6 heteroatoms. The van der Waals surface area contributed by atoms with Gasteiger partial charge in [-0.25, -0.2) is 8.42 Å². The minimum atomic E-state index is -3.16. The zero-order chi connectivity index (χ0) is 14.8. The van der Waals surface area contributed by atoms with Crippen LogP contribution in [-0.4, -0.2) is 43.8 Å². The van der Waals surface area contributed by atoms with Gasteiger partial charge in [-0.1, -0.05) is 18.2 Å². The number of hydrogen-bond donors (Lipinski definition) is 1. The van der Waals surface area contributed by atoms with Crippen molar-refractivity contribution >= 4 is 10.0 Å². The van der Waals surface area contributed by atoms with Crippen LogP contribution in [0.3, 0.4) is 0 Å². The highest BCUT2D eigenvalue weighted by Crippen LogP contribution is 2.25. The van der Waals surface area contributed by atoms with Crippen molar-refractivity contribution in [3.8, 4) is 0 Å². The monoisotopic (exact) mass is 299 g/mol. The maximum atomic E-state index is 11.9. The van der Waals surface area contributed by atoms with Crippen LogP contribution in [0.25, 0.3) is 0 Å². The van der Waals surface area contributed by atoms with Crippen LogP contribution < -0.4 is 0 Å². The molecular formula is C14H21NO4S. The van der Waals surface area contributed by atoms with E-state index >= 15 is 0 Å². The zero-order valence-electron chi connectivity index (χ0n) is 11.9. The number of hydrogen-bond acceptors (Lipinski definition) is 4. The van der Waals surface area contributed by atoms with Crippen molar-refractivity contribution in [3.63, 3.8) is 0 Å². The third-order valence-corrected chi connectivity index (χ3v) is 5.50. The summed E-state index contributed by atoms with van der Waals surface area (Å²) in [5.41, 5.74) is 2.89. The summed E-state index contributed by atoms with van der Waals surface area (Å²) in [6.07, 6.45) is 0.0401. The van der Waals surface area contributed by atoms with E-state index in [1.165, 1.54) is 11.4 Å². The van der Waals surface area contributed by atoms with Gasteiger partial charge in [0.15, 0.2) is 0 Å². The molecule has 5 nitrogen and oxygen atoms in total. The highest BCUT2D eigenvalue weighted by atomic mass is 32.2. The van der Waals surface area contributed by atoms with Gasteiger partial charge < -0.3 is 9.84 Å². The Bertz CT molecular complexity index is 571. The lowest BCUT2D eigenvalue weighted by molar-refractivity contribution is 0.0643. The van der Waals surface area contributed by atoms with Crippen molar-refractivity contribution in [1.29, 1.82) is 0 Å². The lowest BCUT2D eigenvalue weighted by Gasteiger charge is -2.28. The minimum absolute atomic E-state index is 0.119. The van der Waals surface area contributed by atoms with E-state index in [9.17, 15) is 13.5 Å². The topological polar surface area (TPSA) is 66.8 Å². The van der Waals surface area contributed by atoms with Gasteiger partial charge in [-0.3, -0.25) is 0 Å². The summed E-state index contributed by atoms with van der Waals surface area (Å²) in [7, 11) is -1.62. The van der Waals surface area contributed by atoms with Crippen LogP contribution in [0.5, 0.6) is 0 Å². The summed E-state index contributed by atoms with van der Waals surface area (Å²) < 4.78 is 30.3. The number of nitrogens with zero attached hydrogens (tertiary/aromatic N) is 1. The van der Waals surface area contributed by atoms with Crippen molar-refractivity contribution in [3.05, 3.63) is 34.9 Å². The van der Waals surface area contributed by atoms with Crippen LogP contribution in [0.4, 0.5) is 0 Å². The first-order chi connectivity index (χ1) is 9.47. The molecule has 1 aliphatic heterocycles. The Kier molecular flexibility index (Phi) is 4.80. The third-order valence-electron chi connectivity index (χ3n) is 3.68. The van der Waals surface area contributed by atoms with Crippen LogP contribution in [-0.2, 0) is 27.7 Å². The summed E-state index contributed by atoms with van der Waals surface area (Å²) in [5, 5.41) is 9.94. The van der Waals surface area contributed by atoms with Crippen LogP contribution in [0.15, 0.2) is 18.2 Å². The number of aliphatic hydroxyl groups excluding tert-OH is 1. The average Bonchev–Trinajstić information content (AvgIpc) is 2.46. The molecule has 1 aliphatic rings. The van der Waals surface area contributed by atoms with Gasteiger partial charge in [-0.05, 0) is 30.0 Å². The predicted octanol–water partition coefficient (Wildman–Crippen LogP) is 1.07. The van der Waals surface area contributed by atoms with Gasteiger partial charge in [-0.15, -0.1) is 0 Å². The largest absolute Gasteiger partial charge is 0.386 e. The van der Waals surface area contributed by atoms with E-state index < -0.39 is 16.1 Å². The Morgan fingerprint density at radius 3 is 2.80 bits per heavy atom. The molecule has 1 unspecified atom stereocenters. The molecule has 1 N–H and O–H groups in total. The molecule has 112 valence electrons. The second-order valence-electron chi connectivity index (χ2n) is 4.98. The number of ether oxygens (including phenoxy) is 1. The number of fused-ring (bicyclic) bond motifs is 1. The number of methoxy groups -OCH3 is 1. The van der Waals surface area contributed by atoms with Gasteiger partial charge in [0, 0.05) is 20.2 Å². The summed E-state index contributed by atoms with van der Waals surface area (Å²) >= 11 is 0. The maximum Gasteiger partial charge on any atom is 0.214 e. The number of aliphatic hydroxyl groups is 1. The molecule has 1 heterocycles. The van der Waals surface area contributed by atoms with E-state index in [2.05, 4.69) is 0 Å². The fourth-order valence-corrected chi connectivity index (χ4v) is 3.50. The fraction of sp³-hybridized carbons (Fsp3) is 0.571. The smallest absolute Gasteiger partial charge is 0.214 e. The highest BCUT2D eigenvalue weighted by Gasteiger charge is 2.25. The fourth-order valence-electron chi connectivity index (χ4n) is 2.43. The molecule has 0 aromatic heterocycles. The third kappa shape index (κ3) is 3.20. The second-order valence-corrected chi connectivity index (χ2v) is 7.24. The summed E-state index contributed by atoms with van der Waals surface area (Å²) in [6.45, 7) is 2.81. The molecule has 0 spiro atoms. The molecule has 0 saturated heterocycles. The van der Waals surface area contributed by atoms with E-state index in [1.54, 1.807) is 6.92 Å². The molecule has 2 rings (SSSR count). The van der Waals surface area contributed by atoms with Gasteiger partial charge in [-0.2, -0.15) is 4.31 Å². The summed E-state index contributed by atoms with van der Waals surface area (Å²) in [5.74, 6) is 0.119. The number of rotatable bonds is 5. The van der Waals surface area contributed by atoms with Crippen molar-refractivity contribution in [2.24, 2.45) is 0 Å². The predicted molar refractivity (Wildman–Crippen MR) is 76.9 cm³/mol. The van der Waals surface area contributed by atoms with Gasteiger partial charge >= 0.3 is 0 Å². The lowest BCUT2D eigenvalue weighted by Crippen LogP contribution is -2.37. The van der Waals surface area contributed by atoms with Crippen LogP contribution in [0, 0.1) is 0 Å². The molecule has 0 saturated carbocycles. The van der Waals surface area contributed by atoms with E-state index in [-0.39, 0.29) is 12.4 Å². The van der Waals surface area contributed by atoms with Crippen LogP contribution in [0.1, 0.15) is 29.7 Å². The molecule has 0 aliphatic carbocycles. The molecular weight excluding hydrogens is 278 g/mol. The van der Waals surface area contributed by atoms with E-state index in [0.29, 0.717) is 13.1 Å². The molecule has 1 aromatic rings.